The summed E-state index contributed by atoms with van der Waals surface area (Å²) < 4.78 is 0. The average Bonchev–Trinajstić information content (AvgIpc) is 2.12. The molecule has 0 aliphatic heterocycles. The van der Waals surface area contributed by atoms with Crippen LogP contribution in [0.25, 0.3) is 0 Å². The summed E-state index contributed by atoms with van der Waals surface area (Å²) in [5, 5.41) is 37.2. The van der Waals surface area contributed by atoms with Gasteiger partial charge in [-0.05, 0) is 25.0 Å². The first kappa shape index (κ1) is 10.1. The van der Waals surface area contributed by atoms with E-state index < -0.39 is 23.1 Å². The molecule has 1 aromatic carbocycles. The number of aromatic hydroxyl groups is 3. The molecule has 6 N–H and O–H groups in total. The molecule has 0 amide bonds. The third kappa shape index (κ3) is 1.40. The van der Waals surface area contributed by atoms with Gasteiger partial charge in [0.15, 0.2) is 11.5 Å². The maximum Gasteiger partial charge on any atom is 0.200 e. The molecule has 0 heterocycles. The second kappa shape index (κ2) is 3.01. The van der Waals surface area contributed by atoms with E-state index >= 15 is 0 Å². The molecular formula is C10H13NO4. The van der Waals surface area contributed by atoms with Crippen molar-refractivity contribution in [3.63, 3.8) is 0 Å². The molecule has 2 rings (SSSR count). The maximum atomic E-state index is 9.59. The van der Waals surface area contributed by atoms with Crippen molar-refractivity contribution in [3.8, 4) is 17.2 Å². The van der Waals surface area contributed by atoms with Gasteiger partial charge >= 0.3 is 0 Å². The van der Waals surface area contributed by atoms with E-state index in [9.17, 15) is 15.3 Å². The van der Waals surface area contributed by atoms with Crippen molar-refractivity contribution in [2.45, 2.75) is 24.5 Å². The predicted molar refractivity (Wildman–Crippen MR) is 52.5 cm³/mol. The Morgan fingerprint density at radius 2 is 1.73 bits per heavy atom. The van der Waals surface area contributed by atoms with Crippen molar-refractivity contribution >= 4 is 0 Å². The van der Waals surface area contributed by atoms with E-state index in [2.05, 4.69) is 0 Å². The molecule has 0 atom stereocenters. The van der Waals surface area contributed by atoms with Crippen LogP contribution in [0, 0.1) is 0 Å². The number of hydrogen-bond donors (Lipinski definition) is 5. The quantitative estimate of drug-likeness (QED) is 0.424. The Bertz CT molecular complexity index is 399. The lowest BCUT2D eigenvalue weighted by Crippen LogP contribution is -2.51. The van der Waals surface area contributed by atoms with Crippen molar-refractivity contribution in [3.05, 3.63) is 17.7 Å². The number of aliphatic hydroxyl groups excluding tert-OH is 1. The fourth-order valence-electron chi connectivity index (χ4n) is 1.97. The predicted octanol–water partition coefficient (Wildman–Crippen LogP) is 0.112. The second-order valence-electron chi connectivity index (χ2n) is 4.05. The zero-order chi connectivity index (χ0) is 11.2. The summed E-state index contributed by atoms with van der Waals surface area (Å²) in [5.74, 6) is -1.37. The molecule has 0 bridgehead atoms. The molecule has 1 fully saturated rings. The molecule has 1 aliphatic rings. The monoisotopic (exact) mass is 211 g/mol. The molecule has 82 valence electrons. The van der Waals surface area contributed by atoms with Gasteiger partial charge in [-0.15, -0.1) is 0 Å². The summed E-state index contributed by atoms with van der Waals surface area (Å²) in [6, 6.07) is 2.72. The number of aliphatic hydroxyl groups is 1. The Morgan fingerprint density at radius 1 is 1.13 bits per heavy atom. The van der Waals surface area contributed by atoms with Crippen molar-refractivity contribution in [1.29, 1.82) is 0 Å². The molecule has 0 unspecified atom stereocenters. The maximum absolute atomic E-state index is 9.59. The molecule has 5 heteroatoms. The van der Waals surface area contributed by atoms with Gasteiger partial charge in [0.25, 0.3) is 0 Å². The van der Waals surface area contributed by atoms with Crippen molar-refractivity contribution in [1.82, 2.24) is 0 Å². The zero-order valence-corrected chi connectivity index (χ0v) is 8.01. The molecule has 0 saturated heterocycles. The molecular weight excluding hydrogens is 198 g/mol. The summed E-state index contributed by atoms with van der Waals surface area (Å²) in [6.45, 7) is 0. The number of phenolic OH excluding ortho intramolecular Hbond substituents is 3. The Labute approximate surface area is 86.4 Å². The van der Waals surface area contributed by atoms with Crippen LogP contribution in [0.1, 0.15) is 18.4 Å². The Kier molecular flexibility index (Phi) is 2.02. The van der Waals surface area contributed by atoms with Crippen molar-refractivity contribution < 1.29 is 20.4 Å². The van der Waals surface area contributed by atoms with Crippen molar-refractivity contribution in [2.75, 3.05) is 0 Å². The van der Waals surface area contributed by atoms with Crippen LogP contribution in [0.4, 0.5) is 0 Å². The average molecular weight is 211 g/mol. The van der Waals surface area contributed by atoms with E-state index in [0.29, 0.717) is 18.4 Å². The number of nitrogens with two attached hydrogens (primary N) is 1. The zero-order valence-electron chi connectivity index (χ0n) is 8.01. The molecule has 15 heavy (non-hydrogen) atoms. The fourth-order valence-corrected chi connectivity index (χ4v) is 1.97. The minimum absolute atomic E-state index is 0.338. The van der Waals surface area contributed by atoms with E-state index in [1.54, 1.807) is 0 Å². The first-order valence-corrected chi connectivity index (χ1v) is 4.65. The van der Waals surface area contributed by atoms with Gasteiger partial charge in [-0.3, -0.25) is 0 Å². The smallest absolute Gasteiger partial charge is 0.200 e. The molecule has 0 radical (unpaired) electrons. The van der Waals surface area contributed by atoms with Crippen LogP contribution in [0.3, 0.4) is 0 Å². The first-order valence-electron chi connectivity index (χ1n) is 4.65. The van der Waals surface area contributed by atoms with E-state index in [1.807, 2.05) is 0 Å². The van der Waals surface area contributed by atoms with Crippen LogP contribution in [-0.4, -0.2) is 26.5 Å². The van der Waals surface area contributed by atoms with Crippen LogP contribution in [-0.2, 0) is 5.54 Å². The highest BCUT2D eigenvalue weighted by Crippen LogP contribution is 2.47. The van der Waals surface area contributed by atoms with E-state index in [4.69, 9.17) is 10.8 Å². The van der Waals surface area contributed by atoms with Gasteiger partial charge in [0.1, 0.15) is 0 Å². The Morgan fingerprint density at radius 3 is 2.27 bits per heavy atom. The van der Waals surface area contributed by atoms with Crippen LogP contribution in [0.15, 0.2) is 12.1 Å². The van der Waals surface area contributed by atoms with Gasteiger partial charge in [-0.2, -0.15) is 0 Å². The van der Waals surface area contributed by atoms with E-state index in [1.165, 1.54) is 12.1 Å². The van der Waals surface area contributed by atoms with Crippen LogP contribution in [0.5, 0.6) is 17.2 Å². The fraction of sp³-hybridized carbons (Fsp3) is 0.400. The SMILES string of the molecule is NC1(c2ccc(O)c(O)c2O)CC(O)C1. The van der Waals surface area contributed by atoms with Crippen LogP contribution < -0.4 is 5.73 Å². The van der Waals surface area contributed by atoms with E-state index in [0.717, 1.165) is 0 Å². The number of benzene rings is 1. The lowest BCUT2D eigenvalue weighted by Gasteiger charge is -2.42. The number of hydrogen-bond acceptors (Lipinski definition) is 5. The molecule has 5 nitrogen and oxygen atoms in total. The summed E-state index contributed by atoms with van der Waals surface area (Å²) in [5.41, 5.74) is 5.46. The summed E-state index contributed by atoms with van der Waals surface area (Å²) in [4.78, 5) is 0. The van der Waals surface area contributed by atoms with Crippen LogP contribution >= 0.6 is 0 Å². The highest BCUT2D eigenvalue weighted by molar-refractivity contribution is 5.55. The standard InChI is InChI=1S/C10H13NO4/c11-10(3-5(12)4-10)6-1-2-7(13)9(15)8(6)14/h1-2,5,12-15H,3-4,11H2. The van der Waals surface area contributed by atoms with Gasteiger partial charge < -0.3 is 26.2 Å². The van der Waals surface area contributed by atoms with Crippen LogP contribution in [0.2, 0.25) is 0 Å². The largest absolute Gasteiger partial charge is 0.504 e. The Balaban J connectivity index is 2.42. The third-order valence-corrected chi connectivity index (χ3v) is 2.87. The minimum Gasteiger partial charge on any atom is -0.504 e. The molecule has 1 aromatic rings. The highest BCUT2D eigenvalue weighted by Gasteiger charge is 2.43. The molecule has 0 aromatic heterocycles. The summed E-state index contributed by atoms with van der Waals surface area (Å²) in [6.07, 6.45) is 0.209. The van der Waals surface area contributed by atoms with Gasteiger partial charge in [0.2, 0.25) is 5.75 Å². The lowest BCUT2D eigenvalue weighted by atomic mass is 9.70. The van der Waals surface area contributed by atoms with Gasteiger partial charge in [0, 0.05) is 11.1 Å². The molecule has 1 aliphatic carbocycles. The van der Waals surface area contributed by atoms with E-state index in [-0.39, 0.29) is 5.75 Å². The summed E-state index contributed by atoms with van der Waals surface area (Å²) >= 11 is 0. The van der Waals surface area contributed by atoms with Crippen molar-refractivity contribution in [2.24, 2.45) is 5.73 Å². The van der Waals surface area contributed by atoms with Gasteiger partial charge in [-0.1, -0.05) is 0 Å². The molecule has 0 spiro atoms. The normalized spacial score (nSPS) is 29.9. The van der Waals surface area contributed by atoms with Gasteiger partial charge in [0.05, 0.1) is 6.10 Å². The number of rotatable bonds is 1. The molecule has 1 saturated carbocycles. The lowest BCUT2D eigenvalue weighted by molar-refractivity contribution is 0.0197. The first-order chi connectivity index (χ1) is 6.94. The topological polar surface area (TPSA) is 107 Å². The highest BCUT2D eigenvalue weighted by atomic mass is 16.3. The third-order valence-electron chi connectivity index (χ3n) is 2.87. The Hall–Kier alpha value is -1.46. The minimum atomic E-state index is -0.811. The summed E-state index contributed by atoms with van der Waals surface area (Å²) in [7, 11) is 0. The van der Waals surface area contributed by atoms with Gasteiger partial charge in [-0.25, -0.2) is 0 Å². The second-order valence-corrected chi connectivity index (χ2v) is 4.05. The number of phenols is 3.